The van der Waals surface area contributed by atoms with Crippen molar-refractivity contribution in [3.8, 4) is 5.69 Å². The van der Waals surface area contributed by atoms with E-state index in [2.05, 4.69) is 15.7 Å². The highest BCUT2D eigenvalue weighted by molar-refractivity contribution is 5.96. The second-order valence-electron chi connectivity index (χ2n) is 5.43. The van der Waals surface area contributed by atoms with Crippen LogP contribution in [-0.4, -0.2) is 49.0 Å². The van der Waals surface area contributed by atoms with Gasteiger partial charge >= 0.3 is 0 Å². The molecule has 0 bridgehead atoms. The number of nitrogens with zero attached hydrogens (tertiary/aromatic N) is 2. The van der Waals surface area contributed by atoms with E-state index in [-0.39, 0.29) is 24.1 Å². The van der Waals surface area contributed by atoms with Gasteiger partial charge in [0.05, 0.1) is 29.2 Å². The van der Waals surface area contributed by atoms with Gasteiger partial charge < -0.3 is 15.4 Å². The smallest absolute Gasteiger partial charge is 0.255 e. The Morgan fingerprint density at radius 1 is 1.20 bits per heavy atom. The Morgan fingerprint density at radius 2 is 1.88 bits per heavy atom. The quantitative estimate of drug-likeness (QED) is 0.697. The molecule has 1 aromatic carbocycles. The second kappa shape index (κ2) is 10.1. The van der Waals surface area contributed by atoms with Gasteiger partial charge in [-0.3, -0.25) is 4.79 Å². The highest BCUT2D eigenvalue weighted by atomic mass is 35.5. The minimum absolute atomic E-state index is 0. The lowest BCUT2D eigenvalue weighted by Gasteiger charge is -2.08. The normalized spacial score (nSPS) is 10.4. The van der Waals surface area contributed by atoms with Crippen LogP contribution < -0.4 is 10.6 Å². The summed E-state index contributed by atoms with van der Waals surface area (Å²) < 4.78 is 19.7. The molecule has 2 aromatic rings. The summed E-state index contributed by atoms with van der Waals surface area (Å²) in [5.74, 6) is -0.467. The zero-order valence-corrected chi connectivity index (χ0v) is 15.5. The number of rotatable bonds is 8. The van der Waals surface area contributed by atoms with Crippen molar-refractivity contribution in [3.63, 3.8) is 0 Å². The third kappa shape index (κ3) is 5.52. The molecule has 0 saturated carbocycles. The first-order chi connectivity index (χ1) is 11.5. The van der Waals surface area contributed by atoms with Crippen molar-refractivity contribution in [3.05, 3.63) is 47.0 Å². The van der Waals surface area contributed by atoms with Gasteiger partial charge in [-0.2, -0.15) is 5.10 Å². The number of aryl methyl sites for hydroxylation is 1. The van der Waals surface area contributed by atoms with Crippen molar-refractivity contribution in [2.45, 2.75) is 13.8 Å². The molecule has 2 rings (SSSR count). The first-order valence-electron chi connectivity index (χ1n) is 7.84. The summed E-state index contributed by atoms with van der Waals surface area (Å²) in [6, 6.07) is 6.01. The number of nitrogens with one attached hydrogen (secondary N) is 2. The van der Waals surface area contributed by atoms with Gasteiger partial charge in [-0.1, -0.05) is 0 Å². The Labute approximate surface area is 153 Å². The minimum atomic E-state index is -0.306. The molecule has 138 valence electrons. The van der Waals surface area contributed by atoms with Crippen molar-refractivity contribution in [1.29, 1.82) is 0 Å². The van der Waals surface area contributed by atoms with Crippen molar-refractivity contribution in [2.75, 3.05) is 33.4 Å². The molecule has 6 nitrogen and oxygen atoms in total. The zero-order valence-electron chi connectivity index (χ0n) is 14.6. The van der Waals surface area contributed by atoms with Gasteiger partial charge in [0.2, 0.25) is 0 Å². The summed E-state index contributed by atoms with van der Waals surface area (Å²) in [7, 11) is 1.65. The summed E-state index contributed by atoms with van der Waals surface area (Å²) in [5.41, 5.74) is 2.64. The van der Waals surface area contributed by atoms with Gasteiger partial charge in [0.25, 0.3) is 5.91 Å². The van der Waals surface area contributed by atoms with Crippen LogP contribution in [0.4, 0.5) is 4.39 Å². The van der Waals surface area contributed by atoms with Gasteiger partial charge in [0.15, 0.2) is 0 Å². The van der Waals surface area contributed by atoms with Crippen LogP contribution in [0.1, 0.15) is 21.7 Å². The molecule has 2 N–H and O–H groups in total. The van der Waals surface area contributed by atoms with Crippen LogP contribution in [0.25, 0.3) is 5.69 Å². The molecule has 0 atom stereocenters. The summed E-state index contributed by atoms with van der Waals surface area (Å²) in [5, 5.41) is 10.4. The van der Waals surface area contributed by atoms with E-state index in [1.54, 1.807) is 30.8 Å². The predicted molar refractivity (Wildman–Crippen MR) is 97.3 cm³/mol. The number of benzene rings is 1. The molecule has 1 amide bonds. The summed E-state index contributed by atoms with van der Waals surface area (Å²) in [6.07, 6.45) is 0. The maximum absolute atomic E-state index is 13.1. The van der Waals surface area contributed by atoms with Gasteiger partial charge in [0.1, 0.15) is 5.82 Å². The molecule has 0 aliphatic rings. The number of aromatic nitrogens is 2. The molecular formula is C17H24ClFN4O2. The van der Waals surface area contributed by atoms with Crippen molar-refractivity contribution < 1.29 is 13.9 Å². The van der Waals surface area contributed by atoms with Gasteiger partial charge in [0, 0.05) is 26.7 Å². The molecule has 0 radical (unpaired) electrons. The lowest BCUT2D eigenvalue weighted by Crippen LogP contribution is -2.33. The van der Waals surface area contributed by atoms with Crippen LogP contribution >= 0.6 is 12.4 Å². The standard InChI is InChI=1S/C17H23FN4O2.ClH/c1-12-16(17(23)20-9-8-19-10-11-24-3)13(2)22(21-12)15-6-4-14(18)5-7-15;/h4-7,19H,8-11H2,1-3H3,(H,20,23);1H. The number of carbonyl (C=O) groups is 1. The summed E-state index contributed by atoms with van der Waals surface area (Å²) in [6.45, 7) is 6.18. The van der Waals surface area contributed by atoms with Crippen molar-refractivity contribution in [1.82, 2.24) is 20.4 Å². The molecule has 0 aliphatic carbocycles. The van der Waals surface area contributed by atoms with E-state index in [4.69, 9.17) is 4.74 Å². The largest absolute Gasteiger partial charge is 0.383 e. The Hall–Kier alpha value is -1.96. The van der Waals surface area contributed by atoms with Crippen LogP contribution in [0.2, 0.25) is 0 Å². The Bertz CT molecular complexity index is 689. The van der Waals surface area contributed by atoms with E-state index in [9.17, 15) is 9.18 Å². The number of ether oxygens (including phenoxy) is 1. The van der Waals surface area contributed by atoms with E-state index in [0.717, 1.165) is 17.9 Å². The van der Waals surface area contributed by atoms with Crippen LogP contribution in [0.5, 0.6) is 0 Å². The van der Waals surface area contributed by atoms with Crippen molar-refractivity contribution >= 4 is 18.3 Å². The third-order valence-corrected chi connectivity index (χ3v) is 3.66. The summed E-state index contributed by atoms with van der Waals surface area (Å²) >= 11 is 0. The first-order valence-corrected chi connectivity index (χ1v) is 7.84. The number of amides is 1. The molecule has 8 heteroatoms. The highest BCUT2D eigenvalue weighted by Gasteiger charge is 2.19. The Morgan fingerprint density at radius 3 is 2.52 bits per heavy atom. The van der Waals surface area contributed by atoms with E-state index < -0.39 is 0 Å². The maximum Gasteiger partial charge on any atom is 0.255 e. The predicted octanol–water partition coefficient (Wildman–Crippen LogP) is 2.02. The van der Waals surface area contributed by atoms with Gasteiger partial charge in [-0.05, 0) is 38.1 Å². The number of carbonyl (C=O) groups excluding carboxylic acids is 1. The average molecular weight is 371 g/mol. The van der Waals surface area contributed by atoms with E-state index in [1.165, 1.54) is 12.1 Å². The molecule has 1 aromatic heterocycles. The third-order valence-electron chi connectivity index (χ3n) is 3.66. The van der Waals surface area contributed by atoms with Crippen LogP contribution in [0.15, 0.2) is 24.3 Å². The second-order valence-corrected chi connectivity index (χ2v) is 5.43. The number of halogens is 2. The molecule has 0 saturated heterocycles. The maximum atomic E-state index is 13.1. The fourth-order valence-corrected chi connectivity index (χ4v) is 2.46. The fourth-order valence-electron chi connectivity index (χ4n) is 2.46. The first kappa shape index (κ1) is 21.1. The molecule has 0 fully saturated rings. The van der Waals surface area contributed by atoms with E-state index in [0.29, 0.717) is 31.0 Å². The Balaban J connectivity index is 0.00000312. The van der Waals surface area contributed by atoms with Crippen LogP contribution in [-0.2, 0) is 4.74 Å². The van der Waals surface area contributed by atoms with Crippen LogP contribution in [0, 0.1) is 19.7 Å². The zero-order chi connectivity index (χ0) is 17.5. The van der Waals surface area contributed by atoms with Gasteiger partial charge in [-0.25, -0.2) is 9.07 Å². The lowest BCUT2D eigenvalue weighted by atomic mass is 10.2. The SMILES string of the molecule is COCCNCCNC(=O)c1c(C)nn(-c2ccc(F)cc2)c1C.Cl. The fraction of sp³-hybridized carbons (Fsp3) is 0.412. The van der Waals surface area contributed by atoms with Crippen LogP contribution in [0.3, 0.4) is 0 Å². The Kier molecular flexibility index (Phi) is 8.54. The van der Waals surface area contributed by atoms with Crippen molar-refractivity contribution in [2.24, 2.45) is 0 Å². The van der Waals surface area contributed by atoms with Gasteiger partial charge in [-0.15, -0.1) is 12.4 Å². The monoisotopic (exact) mass is 370 g/mol. The molecule has 0 unspecified atom stereocenters. The number of hydrogen-bond acceptors (Lipinski definition) is 4. The summed E-state index contributed by atoms with van der Waals surface area (Å²) in [4.78, 5) is 12.4. The average Bonchev–Trinajstić information content (AvgIpc) is 2.86. The number of hydrogen-bond donors (Lipinski definition) is 2. The highest BCUT2D eigenvalue weighted by Crippen LogP contribution is 2.18. The lowest BCUT2D eigenvalue weighted by molar-refractivity contribution is 0.0952. The van der Waals surface area contributed by atoms with E-state index in [1.807, 2.05) is 6.92 Å². The molecule has 1 heterocycles. The minimum Gasteiger partial charge on any atom is -0.383 e. The molecular weight excluding hydrogens is 347 g/mol. The molecule has 0 spiro atoms. The van der Waals surface area contributed by atoms with E-state index >= 15 is 0 Å². The molecule has 0 aliphatic heterocycles. The molecule has 25 heavy (non-hydrogen) atoms. The number of methoxy groups -OCH3 is 1. The topological polar surface area (TPSA) is 68.2 Å².